The zero-order valence-corrected chi connectivity index (χ0v) is 20.4. The van der Waals surface area contributed by atoms with Gasteiger partial charge in [0.15, 0.2) is 0 Å². The smallest absolute Gasteiger partial charge is 0.0149 e. The second-order valence-corrected chi connectivity index (χ2v) is 12.6. The monoisotopic (exact) mass is 481 g/mol. The Kier molecular flexibility index (Phi) is 8.63. The minimum absolute atomic E-state index is 0. The summed E-state index contributed by atoms with van der Waals surface area (Å²) in [6, 6.07) is 38.1. The van der Waals surface area contributed by atoms with Gasteiger partial charge in [-0.15, -0.1) is 0 Å². The standard InChI is InChI=1S/C16H14.C13H9.2CH3.H4Si.Ti/c1-13(15-9-5-3-6-10-15)14(2)16-11-7-4-8-12-16;1-3-7-12-10(5-1)9-11-6-2-4-8-13(11)12;;;;/h3-12H,1-2H2;1-9H;2*1H3;1H4;. The Bertz CT molecular complexity index is 1130. The van der Waals surface area contributed by atoms with Crippen LogP contribution in [0.3, 0.4) is 0 Å². The number of allylic oxidation sites excluding steroid dienone is 2. The Morgan fingerprint density at radius 3 is 1.24 bits per heavy atom. The minimum atomic E-state index is -0.968. The van der Waals surface area contributed by atoms with Gasteiger partial charge in [0.2, 0.25) is 0 Å². The van der Waals surface area contributed by atoms with Crippen LogP contribution in [0, 0.1) is 0 Å². The summed E-state index contributed by atoms with van der Waals surface area (Å²) < 4.78 is 0.743. The van der Waals surface area contributed by atoms with Crippen LogP contribution in [0.2, 0.25) is 10.5 Å². The van der Waals surface area contributed by atoms with Crippen molar-refractivity contribution in [2.45, 2.75) is 14.7 Å². The molecule has 165 valence electrons. The Hall–Kier alpha value is -2.71. The Morgan fingerprint density at radius 2 is 0.879 bits per heavy atom. The first-order valence-corrected chi connectivity index (χ1v) is 15.1. The molecule has 0 fully saturated rings. The van der Waals surface area contributed by atoms with E-state index in [4.69, 9.17) is 0 Å². The van der Waals surface area contributed by atoms with Gasteiger partial charge in [0, 0.05) is 0 Å². The van der Waals surface area contributed by atoms with Crippen molar-refractivity contribution >= 4 is 22.1 Å². The Morgan fingerprint density at radius 1 is 0.545 bits per heavy atom. The first kappa shape index (κ1) is 24.9. The van der Waals surface area contributed by atoms with Crippen molar-refractivity contribution in [3.8, 4) is 11.1 Å². The number of hydrogen-bond acceptors (Lipinski definition) is 0. The van der Waals surface area contributed by atoms with E-state index < -0.39 is 17.9 Å². The second kappa shape index (κ2) is 11.4. The summed E-state index contributed by atoms with van der Waals surface area (Å²) in [6.07, 6.45) is 0. The van der Waals surface area contributed by atoms with Gasteiger partial charge in [-0.05, 0) is 33.2 Å². The van der Waals surface area contributed by atoms with Gasteiger partial charge >= 0.3 is 103 Å². The number of rotatable bonds is 4. The van der Waals surface area contributed by atoms with Crippen molar-refractivity contribution in [3.63, 3.8) is 0 Å². The molecule has 2 heteroatoms. The van der Waals surface area contributed by atoms with E-state index in [0.29, 0.717) is 0 Å². The third-order valence-electron chi connectivity index (χ3n) is 6.02. The van der Waals surface area contributed by atoms with Crippen molar-refractivity contribution in [1.82, 2.24) is 0 Å². The van der Waals surface area contributed by atoms with Gasteiger partial charge in [0.25, 0.3) is 0 Å². The van der Waals surface area contributed by atoms with Crippen LogP contribution in [0.5, 0.6) is 0 Å². The molecule has 0 N–H and O–H groups in total. The molecule has 1 aliphatic carbocycles. The maximum Gasteiger partial charge on any atom is -0.0149 e. The van der Waals surface area contributed by atoms with Crippen LogP contribution in [0.4, 0.5) is 0 Å². The summed E-state index contributed by atoms with van der Waals surface area (Å²) in [5, 5.41) is 4.95. The topological polar surface area (TPSA) is 0 Å². The van der Waals surface area contributed by atoms with Gasteiger partial charge in [-0.25, -0.2) is 0 Å². The van der Waals surface area contributed by atoms with E-state index in [9.17, 15) is 0 Å². The molecule has 0 bridgehead atoms. The van der Waals surface area contributed by atoms with E-state index in [2.05, 4.69) is 96.4 Å². The number of fused-ring (bicyclic) bond motifs is 3. The Balaban J connectivity index is 0.000000180. The molecule has 0 atom stereocenters. The van der Waals surface area contributed by atoms with E-state index in [1.807, 2.05) is 36.4 Å². The average molecular weight is 482 g/mol. The van der Waals surface area contributed by atoms with Gasteiger partial charge < -0.3 is 0 Å². The molecule has 0 heterocycles. The fraction of sp³-hybridized carbons (Fsp3) is 0.0968. The van der Waals surface area contributed by atoms with Gasteiger partial charge in [0.1, 0.15) is 0 Å². The molecule has 0 aliphatic heterocycles. The molecule has 1 aliphatic rings. The number of benzene rings is 4. The van der Waals surface area contributed by atoms with Crippen molar-refractivity contribution in [2.75, 3.05) is 0 Å². The molecule has 4 aromatic carbocycles. The van der Waals surface area contributed by atoms with Crippen LogP contribution < -0.4 is 0 Å². The van der Waals surface area contributed by atoms with Gasteiger partial charge in [-0.2, -0.15) is 0 Å². The molecule has 0 spiro atoms. The second-order valence-electron chi connectivity index (χ2n) is 8.37. The quantitative estimate of drug-likeness (QED) is 0.210. The summed E-state index contributed by atoms with van der Waals surface area (Å²) in [5.41, 5.74) is 10.3. The zero-order chi connectivity index (χ0) is 22.5. The number of hydrogen-bond donors (Lipinski definition) is 0. The maximum atomic E-state index is 4.10. The zero-order valence-electron chi connectivity index (χ0n) is 18.9. The SMILES string of the molecule is C=C(C(=C)c1ccccc1)c1ccccc1.[CH3][Ti]([CH3])[CH]1c2ccccc2-c2ccccc21.[SiH4]. The largest absolute Gasteiger partial charge is 0.0149 e. The maximum absolute atomic E-state index is 4.10. The first-order chi connectivity index (χ1) is 15.6. The van der Waals surface area contributed by atoms with Crippen LogP contribution in [-0.4, -0.2) is 11.0 Å². The molecule has 0 radical (unpaired) electrons. The van der Waals surface area contributed by atoms with Crippen LogP contribution in [-0.2, 0) is 17.9 Å². The van der Waals surface area contributed by atoms with Crippen molar-refractivity contribution in [3.05, 3.63) is 145 Å². The minimum Gasteiger partial charge on any atom is -0.0149 e. The summed E-state index contributed by atoms with van der Waals surface area (Å²) in [7, 11) is 0. The van der Waals surface area contributed by atoms with Crippen molar-refractivity contribution in [1.29, 1.82) is 0 Å². The molecule has 33 heavy (non-hydrogen) atoms. The van der Waals surface area contributed by atoms with E-state index >= 15 is 0 Å². The molecule has 0 unspecified atom stereocenters. The third-order valence-corrected chi connectivity index (χ3v) is 8.79. The molecule has 5 rings (SSSR count). The van der Waals surface area contributed by atoms with Crippen LogP contribution in [0.1, 0.15) is 26.5 Å². The molecule has 0 saturated heterocycles. The molecule has 4 aromatic rings. The summed E-state index contributed by atoms with van der Waals surface area (Å²) in [6.45, 7) is 8.20. The van der Waals surface area contributed by atoms with E-state index in [-0.39, 0.29) is 11.0 Å². The van der Waals surface area contributed by atoms with E-state index in [1.165, 1.54) is 11.1 Å². The van der Waals surface area contributed by atoms with E-state index in [1.54, 1.807) is 11.1 Å². The first-order valence-electron chi connectivity index (χ1n) is 11.0. The van der Waals surface area contributed by atoms with Crippen molar-refractivity contribution < 1.29 is 17.9 Å². The summed E-state index contributed by atoms with van der Waals surface area (Å²) >= 11 is -0.968. The molecular formula is C31H33SiTi. The fourth-order valence-electron chi connectivity index (χ4n) is 4.40. The van der Waals surface area contributed by atoms with Gasteiger partial charge in [0.05, 0.1) is 0 Å². The third kappa shape index (κ3) is 5.45. The summed E-state index contributed by atoms with van der Waals surface area (Å²) in [5.74, 6) is 0. The molecule has 0 amide bonds. The van der Waals surface area contributed by atoms with Crippen molar-refractivity contribution in [2.24, 2.45) is 0 Å². The average Bonchev–Trinajstić information content (AvgIpc) is 3.19. The van der Waals surface area contributed by atoms with Gasteiger partial charge in [-0.1, -0.05) is 73.8 Å². The summed E-state index contributed by atoms with van der Waals surface area (Å²) in [4.78, 5) is 0. The predicted molar refractivity (Wildman–Crippen MR) is 148 cm³/mol. The van der Waals surface area contributed by atoms with E-state index in [0.717, 1.165) is 26.5 Å². The normalized spacial score (nSPS) is 11.2. The van der Waals surface area contributed by atoms with Crippen LogP contribution in [0.15, 0.2) is 122 Å². The van der Waals surface area contributed by atoms with Crippen LogP contribution >= 0.6 is 0 Å². The van der Waals surface area contributed by atoms with Gasteiger partial charge in [-0.3, -0.25) is 0 Å². The molecule has 0 aromatic heterocycles. The predicted octanol–water partition coefficient (Wildman–Crippen LogP) is 7.43. The molecular weight excluding hydrogens is 448 g/mol. The Labute approximate surface area is 209 Å². The molecule has 0 nitrogen and oxygen atoms in total. The fourth-order valence-corrected chi connectivity index (χ4v) is 7.13. The molecule has 0 saturated carbocycles. The van der Waals surface area contributed by atoms with Crippen LogP contribution in [0.25, 0.3) is 22.3 Å².